The highest BCUT2D eigenvalue weighted by atomic mass is 16.4. The minimum absolute atomic E-state index is 0.0380. The molecule has 2 heterocycles. The standard InChI is InChI=1S/C21H19N5O3/c1-12-3-2-4-14(9-12)24-19-18-16(11-23-21(26-18)22-7-8-27)15-6-5-13(20(28)29)10-17(15)25-19/h2-6,9-11,27H,7-8H2,1H3,(H,24,25)(H,28,29)(H,22,23,26). The van der Waals surface area contributed by atoms with E-state index >= 15 is 0 Å². The molecule has 0 spiro atoms. The summed E-state index contributed by atoms with van der Waals surface area (Å²) in [6.07, 6.45) is 1.67. The Morgan fingerprint density at radius 3 is 2.72 bits per heavy atom. The molecule has 0 fully saturated rings. The molecule has 146 valence electrons. The lowest BCUT2D eigenvalue weighted by molar-refractivity contribution is 0.0697. The number of aliphatic hydroxyl groups is 1. The lowest BCUT2D eigenvalue weighted by Gasteiger charge is -2.13. The highest BCUT2D eigenvalue weighted by molar-refractivity contribution is 6.10. The third-order valence-corrected chi connectivity index (χ3v) is 4.46. The summed E-state index contributed by atoms with van der Waals surface area (Å²) < 4.78 is 0. The Bertz CT molecular complexity index is 1230. The Labute approximate surface area is 166 Å². The van der Waals surface area contributed by atoms with Crippen LogP contribution in [-0.2, 0) is 0 Å². The summed E-state index contributed by atoms with van der Waals surface area (Å²) in [6.45, 7) is 2.29. The Hall–Kier alpha value is -3.78. The number of hydrogen-bond acceptors (Lipinski definition) is 7. The van der Waals surface area contributed by atoms with E-state index < -0.39 is 5.97 Å². The van der Waals surface area contributed by atoms with Crippen molar-refractivity contribution in [1.82, 2.24) is 15.0 Å². The molecule has 0 atom stereocenters. The van der Waals surface area contributed by atoms with Gasteiger partial charge in [0, 0.05) is 29.2 Å². The minimum atomic E-state index is -1.01. The molecule has 8 heteroatoms. The number of carbonyl (C=O) groups is 1. The quantitative estimate of drug-likeness (QED) is 0.371. The number of aromatic carboxylic acids is 1. The number of nitrogens with zero attached hydrogens (tertiary/aromatic N) is 3. The van der Waals surface area contributed by atoms with Gasteiger partial charge in [-0.25, -0.2) is 19.7 Å². The van der Waals surface area contributed by atoms with Crippen LogP contribution >= 0.6 is 0 Å². The van der Waals surface area contributed by atoms with Crippen LogP contribution in [-0.4, -0.2) is 44.3 Å². The number of benzene rings is 2. The van der Waals surface area contributed by atoms with Crippen LogP contribution in [0.1, 0.15) is 15.9 Å². The predicted molar refractivity (Wildman–Crippen MR) is 112 cm³/mol. The van der Waals surface area contributed by atoms with Gasteiger partial charge in [-0.05, 0) is 36.8 Å². The van der Waals surface area contributed by atoms with E-state index in [1.54, 1.807) is 12.3 Å². The smallest absolute Gasteiger partial charge is 0.335 e. The lowest BCUT2D eigenvalue weighted by atomic mass is 10.1. The maximum atomic E-state index is 11.4. The van der Waals surface area contributed by atoms with Crippen LogP contribution in [0.2, 0.25) is 0 Å². The van der Waals surface area contributed by atoms with E-state index in [2.05, 4.69) is 25.6 Å². The molecule has 0 aliphatic carbocycles. The van der Waals surface area contributed by atoms with Crippen LogP contribution in [0.15, 0.2) is 48.7 Å². The zero-order valence-electron chi connectivity index (χ0n) is 15.7. The topological polar surface area (TPSA) is 120 Å². The van der Waals surface area contributed by atoms with Gasteiger partial charge in [0.15, 0.2) is 5.82 Å². The summed E-state index contributed by atoms with van der Waals surface area (Å²) in [5.74, 6) is -0.140. The highest BCUT2D eigenvalue weighted by Gasteiger charge is 2.14. The van der Waals surface area contributed by atoms with Crippen molar-refractivity contribution in [3.63, 3.8) is 0 Å². The summed E-state index contributed by atoms with van der Waals surface area (Å²) in [5.41, 5.74) is 3.22. The van der Waals surface area contributed by atoms with Gasteiger partial charge in [-0.15, -0.1) is 0 Å². The van der Waals surface area contributed by atoms with Crippen molar-refractivity contribution in [2.75, 3.05) is 23.8 Å². The highest BCUT2D eigenvalue weighted by Crippen LogP contribution is 2.31. The van der Waals surface area contributed by atoms with E-state index in [9.17, 15) is 9.90 Å². The number of hydrogen-bond donors (Lipinski definition) is 4. The SMILES string of the molecule is Cc1cccc(Nc2nc3cc(C(=O)O)ccc3c3cnc(NCCO)nc23)c1. The number of fused-ring (bicyclic) bond motifs is 3. The van der Waals surface area contributed by atoms with E-state index in [1.165, 1.54) is 12.1 Å². The second-order valence-electron chi connectivity index (χ2n) is 6.60. The Morgan fingerprint density at radius 2 is 1.97 bits per heavy atom. The average Bonchev–Trinajstić information content (AvgIpc) is 2.72. The molecule has 4 N–H and O–H groups in total. The van der Waals surface area contributed by atoms with E-state index in [1.807, 2.05) is 31.2 Å². The number of aryl methyl sites for hydroxylation is 1. The lowest BCUT2D eigenvalue weighted by Crippen LogP contribution is -2.09. The first kappa shape index (κ1) is 18.6. The second-order valence-corrected chi connectivity index (χ2v) is 6.60. The second kappa shape index (κ2) is 7.69. The molecule has 0 aliphatic heterocycles. The van der Waals surface area contributed by atoms with Crippen LogP contribution in [0, 0.1) is 6.92 Å². The third-order valence-electron chi connectivity index (χ3n) is 4.46. The van der Waals surface area contributed by atoms with Gasteiger partial charge in [-0.3, -0.25) is 0 Å². The van der Waals surface area contributed by atoms with Crippen LogP contribution in [0.25, 0.3) is 21.8 Å². The van der Waals surface area contributed by atoms with Crippen LogP contribution in [0.4, 0.5) is 17.5 Å². The van der Waals surface area contributed by atoms with Gasteiger partial charge in [0.05, 0.1) is 17.7 Å². The predicted octanol–water partition coefficient (Wildman–Crippen LogP) is 3.33. The number of anilines is 3. The molecule has 0 aliphatic rings. The molecule has 2 aromatic heterocycles. The van der Waals surface area contributed by atoms with E-state index in [0.29, 0.717) is 29.3 Å². The van der Waals surface area contributed by atoms with Crippen molar-refractivity contribution in [1.29, 1.82) is 0 Å². The molecule has 0 bridgehead atoms. The normalized spacial score (nSPS) is 11.0. The summed E-state index contributed by atoms with van der Waals surface area (Å²) in [5, 5.41) is 26.1. The number of rotatable bonds is 6. The first-order valence-corrected chi connectivity index (χ1v) is 9.07. The van der Waals surface area contributed by atoms with Crippen molar-refractivity contribution in [3.8, 4) is 0 Å². The zero-order chi connectivity index (χ0) is 20.4. The molecule has 0 unspecified atom stereocenters. The van der Waals surface area contributed by atoms with Gasteiger partial charge in [0.2, 0.25) is 5.95 Å². The fourth-order valence-electron chi connectivity index (χ4n) is 3.12. The Kier molecular flexibility index (Phi) is 4.92. The number of aliphatic hydroxyl groups excluding tert-OH is 1. The maximum Gasteiger partial charge on any atom is 0.335 e. The molecule has 0 amide bonds. The third kappa shape index (κ3) is 3.78. The van der Waals surface area contributed by atoms with Crippen LogP contribution < -0.4 is 10.6 Å². The van der Waals surface area contributed by atoms with Crippen molar-refractivity contribution in [2.24, 2.45) is 0 Å². The first-order chi connectivity index (χ1) is 14.0. The van der Waals surface area contributed by atoms with Crippen molar-refractivity contribution in [3.05, 3.63) is 59.8 Å². The zero-order valence-corrected chi connectivity index (χ0v) is 15.7. The molecule has 0 radical (unpaired) electrons. The number of pyridine rings is 1. The summed E-state index contributed by atoms with van der Waals surface area (Å²) >= 11 is 0. The van der Waals surface area contributed by atoms with Gasteiger partial charge in [-0.2, -0.15) is 0 Å². The first-order valence-electron chi connectivity index (χ1n) is 9.07. The van der Waals surface area contributed by atoms with E-state index in [4.69, 9.17) is 5.11 Å². The van der Waals surface area contributed by atoms with Gasteiger partial charge in [0.25, 0.3) is 0 Å². The summed E-state index contributed by atoms with van der Waals surface area (Å²) in [4.78, 5) is 24.9. The molecule has 2 aromatic carbocycles. The number of aromatic nitrogens is 3. The molecular weight excluding hydrogens is 370 g/mol. The minimum Gasteiger partial charge on any atom is -0.478 e. The van der Waals surface area contributed by atoms with Crippen molar-refractivity contribution < 1.29 is 15.0 Å². The molecular formula is C21H19N5O3. The fraction of sp³-hybridized carbons (Fsp3) is 0.143. The number of nitrogens with one attached hydrogen (secondary N) is 2. The van der Waals surface area contributed by atoms with Crippen LogP contribution in [0.3, 0.4) is 0 Å². The van der Waals surface area contributed by atoms with Crippen LogP contribution in [0.5, 0.6) is 0 Å². The van der Waals surface area contributed by atoms with Crippen molar-refractivity contribution >= 4 is 45.2 Å². The van der Waals surface area contributed by atoms with Crippen molar-refractivity contribution in [2.45, 2.75) is 6.92 Å². The largest absolute Gasteiger partial charge is 0.478 e. The molecule has 8 nitrogen and oxygen atoms in total. The number of carboxylic acids is 1. The van der Waals surface area contributed by atoms with Gasteiger partial charge >= 0.3 is 5.97 Å². The van der Waals surface area contributed by atoms with Gasteiger partial charge in [0.1, 0.15) is 5.52 Å². The Morgan fingerprint density at radius 1 is 1.10 bits per heavy atom. The fourth-order valence-corrected chi connectivity index (χ4v) is 3.12. The average molecular weight is 389 g/mol. The number of carboxylic acid groups (broad SMARTS) is 1. The van der Waals surface area contributed by atoms with E-state index in [-0.39, 0.29) is 12.2 Å². The maximum absolute atomic E-state index is 11.4. The van der Waals surface area contributed by atoms with E-state index in [0.717, 1.165) is 22.0 Å². The van der Waals surface area contributed by atoms with Gasteiger partial charge < -0.3 is 20.8 Å². The molecule has 0 saturated heterocycles. The Balaban J connectivity index is 1.92. The molecule has 0 saturated carbocycles. The summed E-state index contributed by atoms with van der Waals surface area (Å²) in [7, 11) is 0. The summed E-state index contributed by atoms with van der Waals surface area (Å²) in [6, 6.07) is 12.6. The monoisotopic (exact) mass is 389 g/mol. The molecule has 29 heavy (non-hydrogen) atoms. The molecule has 4 rings (SSSR count). The molecule has 4 aromatic rings. The van der Waals surface area contributed by atoms with Gasteiger partial charge in [-0.1, -0.05) is 18.2 Å².